The Labute approximate surface area is 145 Å². The van der Waals surface area contributed by atoms with Gasteiger partial charge in [-0.15, -0.1) is 0 Å². The fraction of sp³-hybridized carbons (Fsp3) is 0.0588. The molecule has 0 aromatic heterocycles. The maximum absolute atomic E-state index is 13.7. The maximum Gasteiger partial charge on any atom is 0.326 e. The Morgan fingerprint density at radius 1 is 1.12 bits per heavy atom. The van der Waals surface area contributed by atoms with Gasteiger partial charge < -0.3 is 10.1 Å². The Morgan fingerprint density at radius 2 is 1.92 bits per heavy atom. The number of rotatable bonds is 4. The molecule has 2 N–H and O–H groups in total. The number of halogens is 2. The van der Waals surface area contributed by atoms with Crippen LogP contribution in [-0.2, 0) is 11.4 Å². The van der Waals surface area contributed by atoms with Gasteiger partial charge in [-0.2, -0.15) is 0 Å². The first-order valence-corrected chi connectivity index (χ1v) is 7.82. The molecule has 24 heavy (non-hydrogen) atoms. The summed E-state index contributed by atoms with van der Waals surface area (Å²) in [6.45, 7) is 0.0447. The summed E-state index contributed by atoms with van der Waals surface area (Å²) >= 11 is 3.35. The molecule has 0 radical (unpaired) electrons. The zero-order chi connectivity index (χ0) is 17.1. The van der Waals surface area contributed by atoms with Gasteiger partial charge in [-0.1, -0.05) is 34.1 Å². The molecule has 0 saturated carbocycles. The molecular weight excluding hydrogens is 379 g/mol. The van der Waals surface area contributed by atoms with Crippen LogP contribution in [-0.4, -0.2) is 11.9 Å². The Hall–Kier alpha value is -2.67. The summed E-state index contributed by atoms with van der Waals surface area (Å²) in [6.07, 6.45) is 1.50. The lowest BCUT2D eigenvalue weighted by Crippen LogP contribution is -2.22. The van der Waals surface area contributed by atoms with Gasteiger partial charge >= 0.3 is 6.03 Å². The normalized spacial score (nSPS) is 15.3. The summed E-state index contributed by atoms with van der Waals surface area (Å²) in [6, 6.07) is 11.0. The number of urea groups is 1. The van der Waals surface area contributed by atoms with E-state index in [2.05, 4.69) is 26.6 Å². The Bertz CT molecular complexity index is 851. The molecule has 2 aromatic rings. The predicted molar refractivity (Wildman–Crippen MR) is 89.5 cm³/mol. The third-order valence-electron chi connectivity index (χ3n) is 3.33. The number of amides is 3. The van der Waals surface area contributed by atoms with Gasteiger partial charge in [-0.05, 0) is 30.3 Å². The molecule has 0 aliphatic carbocycles. The highest BCUT2D eigenvalue weighted by atomic mass is 79.9. The first-order valence-electron chi connectivity index (χ1n) is 7.03. The third-order valence-corrected chi connectivity index (χ3v) is 3.83. The maximum atomic E-state index is 13.7. The van der Waals surface area contributed by atoms with Crippen LogP contribution in [0.3, 0.4) is 0 Å². The number of carbonyl (C=O) groups excluding carboxylic acids is 2. The minimum Gasteiger partial charge on any atom is -0.488 e. The van der Waals surface area contributed by atoms with Gasteiger partial charge in [0.1, 0.15) is 23.9 Å². The molecule has 3 rings (SSSR count). The van der Waals surface area contributed by atoms with Crippen molar-refractivity contribution >= 4 is 33.9 Å². The van der Waals surface area contributed by atoms with Crippen molar-refractivity contribution in [2.24, 2.45) is 0 Å². The molecule has 0 bridgehead atoms. The van der Waals surface area contributed by atoms with Crippen LogP contribution < -0.4 is 15.4 Å². The summed E-state index contributed by atoms with van der Waals surface area (Å²) in [5, 5.41) is 4.54. The van der Waals surface area contributed by atoms with E-state index in [1.54, 1.807) is 36.4 Å². The van der Waals surface area contributed by atoms with E-state index >= 15 is 0 Å². The summed E-state index contributed by atoms with van der Waals surface area (Å²) in [7, 11) is 0. The molecule has 3 amide bonds. The highest BCUT2D eigenvalue weighted by molar-refractivity contribution is 9.10. The number of hydrogen-bond donors (Lipinski definition) is 2. The molecule has 1 aliphatic rings. The van der Waals surface area contributed by atoms with Crippen molar-refractivity contribution in [3.8, 4) is 5.75 Å². The topological polar surface area (TPSA) is 67.4 Å². The Balaban J connectivity index is 1.86. The van der Waals surface area contributed by atoms with Gasteiger partial charge in [0.25, 0.3) is 5.91 Å². The van der Waals surface area contributed by atoms with Crippen molar-refractivity contribution in [3.63, 3.8) is 0 Å². The highest BCUT2D eigenvalue weighted by Crippen LogP contribution is 2.26. The minimum absolute atomic E-state index is 0.0447. The van der Waals surface area contributed by atoms with Gasteiger partial charge in [-0.3, -0.25) is 10.1 Å². The number of hydrogen-bond acceptors (Lipinski definition) is 3. The van der Waals surface area contributed by atoms with E-state index in [-0.39, 0.29) is 18.1 Å². The largest absolute Gasteiger partial charge is 0.488 e. The SMILES string of the molecule is O=C1NC(=O)/C(=C\c2cc(Br)ccc2OCc2ccccc2F)N1. The molecule has 1 heterocycles. The van der Waals surface area contributed by atoms with Crippen LogP contribution in [0.2, 0.25) is 0 Å². The van der Waals surface area contributed by atoms with Crippen LogP contribution in [0, 0.1) is 5.82 Å². The summed E-state index contributed by atoms with van der Waals surface area (Å²) in [5.74, 6) is -0.403. The standard InChI is InChI=1S/C17H12BrFN2O3/c18-12-5-6-15(24-9-10-3-1-2-4-13(10)19)11(7-12)8-14-16(22)21-17(23)20-14/h1-8H,9H2,(H2,20,21,22,23)/b14-8+. The molecule has 1 fully saturated rings. The van der Waals surface area contributed by atoms with Crippen LogP contribution in [0.4, 0.5) is 9.18 Å². The van der Waals surface area contributed by atoms with Gasteiger partial charge in [0.2, 0.25) is 0 Å². The fourth-order valence-corrected chi connectivity index (χ4v) is 2.55. The lowest BCUT2D eigenvalue weighted by Gasteiger charge is -2.11. The van der Waals surface area contributed by atoms with Crippen LogP contribution in [0.1, 0.15) is 11.1 Å². The van der Waals surface area contributed by atoms with Gasteiger partial charge in [0.05, 0.1) is 0 Å². The first-order chi connectivity index (χ1) is 11.5. The van der Waals surface area contributed by atoms with Crippen LogP contribution in [0.15, 0.2) is 52.6 Å². The first kappa shape index (κ1) is 16.2. The average molecular weight is 391 g/mol. The van der Waals surface area contributed by atoms with Crippen molar-refractivity contribution < 1.29 is 18.7 Å². The van der Waals surface area contributed by atoms with E-state index in [0.717, 1.165) is 4.47 Å². The molecule has 7 heteroatoms. The number of benzene rings is 2. The number of imide groups is 1. The number of ether oxygens (including phenoxy) is 1. The van der Waals surface area contributed by atoms with Crippen LogP contribution in [0.5, 0.6) is 5.75 Å². The van der Waals surface area contributed by atoms with Crippen molar-refractivity contribution in [2.45, 2.75) is 6.61 Å². The van der Waals surface area contributed by atoms with E-state index in [0.29, 0.717) is 16.9 Å². The molecule has 0 atom stereocenters. The highest BCUT2D eigenvalue weighted by Gasteiger charge is 2.23. The third kappa shape index (κ3) is 3.62. The zero-order valence-corrected chi connectivity index (χ0v) is 13.9. The minimum atomic E-state index is -0.574. The van der Waals surface area contributed by atoms with E-state index in [9.17, 15) is 14.0 Å². The summed E-state index contributed by atoms with van der Waals surface area (Å²) in [5.41, 5.74) is 1.12. The van der Waals surface area contributed by atoms with Gasteiger partial charge in [-0.25, -0.2) is 9.18 Å². The van der Waals surface area contributed by atoms with Gasteiger partial charge in [0.15, 0.2) is 0 Å². The smallest absolute Gasteiger partial charge is 0.326 e. The average Bonchev–Trinajstić information content (AvgIpc) is 2.85. The lowest BCUT2D eigenvalue weighted by atomic mass is 10.1. The van der Waals surface area contributed by atoms with Crippen molar-refractivity contribution in [3.05, 3.63) is 69.6 Å². The van der Waals surface area contributed by atoms with E-state index < -0.39 is 11.9 Å². The van der Waals surface area contributed by atoms with Crippen molar-refractivity contribution in [1.29, 1.82) is 0 Å². The number of nitrogens with one attached hydrogen (secondary N) is 2. The van der Waals surface area contributed by atoms with Crippen LogP contribution >= 0.6 is 15.9 Å². The van der Waals surface area contributed by atoms with Gasteiger partial charge in [0, 0.05) is 15.6 Å². The van der Waals surface area contributed by atoms with E-state index in [1.807, 2.05) is 0 Å². The van der Waals surface area contributed by atoms with Crippen LogP contribution in [0.25, 0.3) is 6.08 Å². The second kappa shape index (κ2) is 6.84. The monoisotopic (exact) mass is 390 g/mol. The Morgan fingerprint density at radius 3 is 2.62 bits per heavy atom. The van der Waals surface area contributed by atoms with Crippen molar-refractivity contribution in [1.82, 2.24) is 10.6 Å². The summed E-state index contributed by atoms with van der Waals surface area (Å²) < 4.78 is 20.1. The zero-order valence-electron chi connectivity index (χ0n) is 12.3. The molecule has 0 spiro atoms. The molecule has 0 unspecified atom stereocenters. The second-order valence-electron chi connectivity index (χ2n) is 5.03. The predicted octanol–water partition coefficient (Wildman–Crippen LogP) is 3.35. The fourth-order valence-electron chi connectivity index (χ4n) is 2.17. The summed E-state index contributed by atoms with van der Waals surface area (Å²) in [4.78, 5) is 22.8. The molecule has 5 nitrogen and oxygen atoms in total. The van der Waals surface area contributed by atoms with E-state index in [1.165, 1.54) is 12.1 Å². The van der Waals surface area contributed by atoms with E-state index in [4.69, 9.17) is 4.74 Å². The molecule has 122 valence electrons. The molecule has 2 aromatic carbocycles. The second-order valence-corrected chi connectivity index (χ2v) is 5.94. The molecule has 1 saturated heterocycles. The number of carbonyl (C=O) groups is 2. The Kier molecular flexibility index (Phi) is 4.61. The molecule has 1 aliphatic heterocycles. The molecular formula is C17H12BrFN2O3. The quantitative estimate of drug-likeness (QED) is 0.621. The van der Waals surface area contributed by atoms with Crippen molar-refractivity contribution in [2.75, 3.05) is 0 Å². The lowest BCUT2D eigenvalue weighted by molar-refractivity contribution is -0.115.